The molecule has 0 atom stereocenters. The summed E-state index contributed by atoms with van der Waals surface area (Å²) in [5, 5.41) is 15.0. The molecule has 0 amide bonds. The molecular formula is C17H31N3S. The molecule has 2 rings (SSSR count). The molecular weight excluding hydrogens is 278 g/mol. The first-order valence-corrected chi connectivity index (χ1v) is 9.43. The van der Waals surface area contributed by atoms with Gasteiger partial charge in [-0.25, -0.2) is 0 Å². The summed E-state index contributed by atoms with van der Waals surface area (Å²) >= 11 is 1.86. The van der Waals surface area contributed by atoms with Gasteiger partial charge < -0.3 is 5.32 Å². The third-order valence-electron chi connectivity index (χ3n) is 4.16. The van der Waals surface area contributed by atoms with Gasteiger partial charge in [0.2, 0.25) is 0 Å². The Morgan fingerprint density at radius 1 is 1.05 bits per heavy atom. The molecule has 0 aromatic carbocycles. The molecule has 1 saturated carbocycles. The summed E-state index contributed by atoms with van der Waals surface area (Å²) in [7, 11) is 0. The molecule has 1 aromatic rings. The first-order valence-electron chi connectivity index (χ1n) is 8.62. The fraction of sp³-hybridized carbons (Fsp3) is 0.882. The third-order valence-corrected chi connectivity index (χ3v) is 5.31. The molecule has 1 fully saturated rings. The summed E-state index contributed by atoms with van der Waals surface area (Å²) < 4.78 is 0. The fourth-order valence-electron chi connectivity index (χ4n) is 2.94. The van der Waals surface area contributed by atoms with E-state index in [2.05, 4.69) is 36.3 Å². The second-order valence-corrected chi connectivity index (χ2v) is 8.45. The molecule has 3 nitrogen and oxygen atoms in total. The summed E-state index contributed by atoms with van der Waals surface area (Å²) in [6.45, 7) is 7.70. The summed E-state index contributed by atoms with van der Waals surface area (Å²) in [6.07, 6.45) is 11.8. The van der Waals surface area contributed by atoms with Gasteiger partial charge in [-0.05, 0) is 46.6 Å². The van der Waals surface area contributed by atoms with E-state index in [-0.39, 0.29) is 5.54 Å². The van der Waals surface area contributed by atoms with Crippen molar-refractivity contribution in [2.75, 3.05) is 6.54 Å². The van der Waals surface area contributed by atoms with Gasteiger partial charge in [0.25, 0.3) is 0 Å². The topological polar surface area (TPSA) is 37.8 Å². The number of aryl methyl sites for hydroxylation is 1. The minimum atomic E-state index is 0.213. The van der Waals surface area contributed by atoms with E-state index in [1.54, 1.807) is 0 Å². The molecule has 0 radical (unpaired) electrons. The normalized spacial score (nSPS) is 18.4. The Morgan fingerprint density at radius 3 is 2.38 bits per heavy atom. The van der Waals surface area contributed by atoms with E-state index in [0.717, 1.165) is 19.4 Å². The molecule has 1 aromatic heterocycles. The predicted molar refractivity (Wildman–Crippen MR) is 91.0 cm³/mol. The van der Waals surface area contributed by atoms with Crippen LogP contribution in [-0.4, -0.2) is 22.3 Å². The van der Waals surface area contributed by atoms with Crippen molar-refractivity contribution in [3.63, 3.8) is 0 Å². The van der Waals surface area contributed by atoms with Crippen molar-refractivity contribution in [1.29, 1.82) is 0 Å². The maximum Gasteiger partial charge on any atom is 0.120 e. The van der Waals surface area contributed by atoms with Gasteiger partial charge in [0, 0.05) is 17.9 Å². The SMILES string of the molecule is CC(C)(C)NCCCc1nnc(C2CCCCCCC2)s1. The monoisotopic (exact) mass is 309 g/mol. The van der Waals surface area contributed by atoms with E-state index in [1.807, 2.05) is 11.3 Å². The largest absolute Gasteiger partial charge is 0.312 e. The molecule has 120 valence electrons. The number of nitrogens with zero attached hydrogens (tertiary/aromatic N) is 2. The van der Waals surface area contributed by atoms with Crippen LogP contribution in [0.5, 0.6) is 0 Å². The molecule has 1 aliphatic carbocycles. The van der Waals surface area contributed by atoms with Crippen LogP contribution < -0.4 is 5.32 Å². The highest BCUT2D eigenvalue weighted by Gasteiger charge is 2.18. The molecule has 1 N–H and O–H groups in total. The number of nitrogens with one attached hydrogen (secondary N) is 1. The van der Waals surface area contributed by atoms with Gasteiger partial charge in [-0.15, -0.1) is 21.5 Å². The number of rotatable bonds is 5. The fourth-order valence-corrected chi connectivity index (χ4v) is 3.99. The summed E-state index contributed by atoms with van der Waals surface area (Å²) in [6, 6.07) is 0. The minimum Gasteiger partial charge on any atom is -0.312 e. The average molecular weight is 310 g/mol. The maximum absolute atomic E-state index is 4.49. The zero-order chi connectivity index (χ0) is 15.1. The van der Waals surface area contributed by atoms with Crippen molar-refractivity contribution in [3.05, 3.63) is 10.0 Å². The number of hydrogen-bond acceptors (Lipinski definition) is 4. The molecule has 0 spiro atoms. The lowest BCUT2D eigenvalue weighted by atomic mass is 9.92. The van der Waals surface area contributed by atoms with E-state index in [0.29, 0.717) is 5.92 Å². The average Bonchev–Trinajstić information content (AvgIpc) is 2.82. The van der Waals surface area contributed by atoms with Gasteiger partial charge in [0.05, 0.1) is 0 Å². The Balaban J connectivity index is 1.77. The van der Waals surface area contributed by atoms with Crippen molar-refractivity contribution in [2.24, 2.45) is 0 Å². The van der Waals surface area contributed by atoms with Crippen LogP contribution in [0.2, 0.25) is 0 Å². The van der Waals surface area contributed by atoms with Crippen molar-refractivity contribution in [3.8, 4) is 0 Å². The highest BCUT2D eigenvalue weighted by molar-refractivity contribution is 7.11. The molecule has 21 heavy (non-hydrogen) atoms. The van der Waals surface area contributed by atoms with Crippen LogP contribution in [0.25, 0.3) is 0 Å². The Labute approximate surface area is 133 Å². The quantitative estimate of drug-likeness (QED) is 0.802. The molecule has 4 heteroatoms. The lowest BCUT2D eigenvalue weighted by Gasteiger charge is -2.20. The van der Waals surface area contributed by atoms with Crippen molar-refractivity contribution in [2.45, 2.75) is 90.0 Å². The molecule has 0 saturated heterocycles. The van der Waals surface area contributed by atoms with E-state index < -0.39 is 0 Å². The Kier molecular flexibility index (Phi) is 6.62. The summed E-state index contributed by atoms with van der Waals surface area (Å²) in [5.41, 5.74) is 0.213. The lowest BCUT2D eigenvalue weighted by molar-refractivity contribution is 0.422. The van der Waals surface area contributed by atoms with Crippen LogP contribution in [0.3, 0.4) is 0 Å². The van der Waals surface area contributed by atoms with E-state index in [9.17, 15) is 0 Å². The molecule has 1 aliphatic rings. The highest BCUT2D eigenvalue weighted by Crippen LogP contribution is 2.32. The van der Waals surface area contributed by atoms with E-state index in [1.165, 1.54) is 55.0 Å². The van der Waals surface area contributed by atoms with Gasteiger partial charge in [-0.1, -0.05) is 32.1 Å². The van der Waals surface area contributed by atoms with Crippen LogP contribution in [-0.2, 0) is 6.42 Å². The molecule has 1 heterocycles. The van der Waals surface area contributed by atoms with Crippen LogP contribution in [0.1, 0.15) is 88.1 Å². The zero-order valence-electron chi connectivity index (χ0n) is 14.0. The van der Waals surface area contributed by atoms with Crippen molar-refractivity contribution in [1.82, 2.24) is 15.5 Å². The van der Waals surface area contributed by atoms with Gasteiger partial charge in [-0.2, -0.15) is 0 Å². The second kappa shape index (κ2) is 8.23. The first-order chi connectivity index (χ1) is 10.0. The zero-order valence-corrected chi connectivity index (χ0v) is 14.8. The smallest absolute Gasteiger partial charge is 0.120 e. The van der Waals surface area contributed by atoms with Gasteiger partial charge in [0.15, 0.2) is 0 Å². The number of hydrogen-bond donors (Lipinski definition) is 1. The minimum absolute atomic E-state index is 0.213. The lowest BCUT2D eigenvalue weighted by Crippen LogP contribution is -2.36. The van der Waals surface area contributed by atoms with Crippen LogP contribution in [0.15, 0.2) is 0 Å². The van der Waals surface area contributed by atoms with E-state index >= 15 is 0 Å². The van der Waals surface area contributed by atoms with Crippen molar-refractivity contribution < 1.29 is 0 Å². The van der Waals surface area contributed by atoms with Crippen molar-refractivity contribution >= 4 is 11.3 Å². The molecule has 0 unspecified atom stereocenters. The third kappa shape index (κ3) is 6.43. The second-order valence-electron chi connectivity index (χ2n) is 7.36. The Bertz CT molecular complexity index is 400. The standard InChI is InChI=1S/C17H31N3S/c1-17(2,3)18-13-9-12-15-19-20-16(21-15)14-10-7-5-4-6-8-11-14/h14,18H,4-13H2,1-3H3. The van der Waals surface area contributed by atoms with E-state index in [4.69, 9.17) is 0 Å². The molecule has 0 aliphatic heterocycles. The maximum atomic E-state index is 4.49. The van der Waals surface area contributed by atoms with Crippen LogP contribution in [0, 0.1) is 0 Å². The Hall–Kier alpha value is -0.480. The van der Waals surface area contributed by atoms with Crippen LogP contribution in [0.4, 0.5) is 0 Å². The molecule has 0 bridgehead atoms. The first kappa shape index (κ1) is 16.9. The Morgan fingerprint density at radius 2 is 1.71 bits per heavy atom. The van der Waals surface area contributed by atoms with Gasteiger partial charge >= 0.3 is 0 Å². The predicted octanol–water partition coefficient (Wildman–Crippen LogP) is 4.69. The summed E-state index contributed by atoms with van der Waals surface area (Å²) in [5.74, 6) is 0.684. The van der Waals surface area contributed by atoms with Crippen LogP contribution >= 0.6 is 11.3 Å². The summed E-state index contributed by atoms with van der Waals surface area (Å²) in [4.78, 5) is 0. The highest BCUT2D eigenvalue weighted by atomic mass is 32.1. The van der Waals surface area contributed by atoms with Gasteiger partial charge in [0.1, 0.15) is 10.0 Å². The van der Waals surface area contributed by atoms with Gasteiger partial charge in [-0.3, -0.25) is 0 Å². The number of aromatic nitrogens is 2.